The van der Waals surface area contributed by atoms with Gasteiger partial charge in [0, 0.05) is 18.7 Å². The Kier molecular flexibility index (Phi) is 5.14. The molecular weight excluding hydrogens is 284 g/mol. The number of benzene rings is 1. The highest BCUT2D eigenvalue weighted by Gasteiger charge is 2.31. The lowest BCUT2D eigenvalue weighted by atomic mass is 10.0. The van der Waals surface area contributed by atoms with Crippen molar-refractivity contribution in [3.8, 4) is 0 Å². The Hall–Kier alpha value is -2.37. The molecule has 1 aromatic rings. The molecule has 1 aromatic carbocycles. The van der Waals surface area contributed by atoms with Gasteiger partial charge in [-0.3, -0.25) is 9.59 Å². The topological polar surface area (TPSA) is 86.7 Å². The van der Waals surface area contributed by atoms with Gasteiger partial charge in [0.25, 0.3) is 0 Å². The third kappa shape index (κ3) is 3.63. The van der Waals surface area contributed by atoms with Gasteiger partial charge in [0.1, 0.15) is 6.04 Å². The number of carboxylic acid groups (broad SMARTS) is 1. The van der Waals surface area contributed by atoms with E-state index in [0.29, 0.717) is 25.1 Å². The Morgan fingerprint density at radius 2 is 1.91 bits per heavy atom. The third-order valence-electron chi connectivity index (χ3n) is 3.83. The number of likely N-dealkylation sites (tertiary alicyclic amines) is 1. The van der Waals surface area contributed by atoms with Gasteiger partial charge < -0.3 is 15.3 Å². The van der Waals surface area contributed by atoms with E-state index in [2.05, 4.69) is 5.32 Å². The molecule has 1 heterocycles. The van der Waals surface area contributed by atoms with E-state index in [4.69, 9.17) is 5.11 Å². The summed E-state index contributed by atoms with van der Waals surface area (Å²) in [6.07, 6.45) is 2.88. The first-order valence-electron chi connectivity index (χ1n) is 7.46. The van der Waals surface area contributed by atoms with Crippen molar-refractivity contribution in [2.75, 3.05) is 11.9 Å². The van der Waals surface area contributed by atoms with Crippen LogP contribution in [-0.4, -0.2) is 40.4 Å². The minimum Gasteiger partial charge on any atom is -0.478 e. The van der Waals surface area contributed by atoms with Crippen molar-refractivity contribution in [1.82, 2.24) is 4.90 Å². The van der Waals surface area contributed by atoms with E-state index < -0.39 is 12.0 Å². The van der Waals surface area contributed by atoms with E-state index in [1.807, 2.05) is 0 Å². The Balaban J connectivity index is 2.06. The van der Waals surface area contributed by atoms with Crippen molar-refractivity contribution >= 4 is 23.5 Å². The molecule has 118 valence electrons. The highest BCUT2D eigenvalue weighted by Crippen LogP contribution is 2.20. The molecule has 1 unspecified atom stereocenters. The third-order valence-corrected chi connectivity index (χ3v) is 3.83. The van der Waals surface area contributed by atoms with Crippen molar-refractivity contribution in [3.63, 3.8) is 0 Å². The lowest BCUT2D eigenvalue weighted by Gasteiger charge is -2.34. The summed E-state index contributed by atoms with van der Waals surface area (Å²) in [5.41, 5.74) is 0.697. The molecule has 1 aliphatic heterocycles. The van der Waals surface area contributed by atoms with Crippen LogP contribution in [0.2, 0.25) is 0 Å². The molecule has 1 atom stereocenters. The van der Waals surface area contributed by atoms with Crippen LogP contribution in [0.25, 0.3) is 0 Å². The largest absolute Gasteiger partial charge is 0.478 e. The normalized spacial score (nSPS) is 17.9. The van der Waals surface area contributed by atoms with Gasteiger partial charge in [-0.05, 0) is 43.5 Å². The first-order valence-corrected chi connectivity index (χ1v) is 7.46. The number of rotatable bonds is 4. The van der Waals surface area contributed by atoms with E-state index in [1.165, 1.54) is 12.1 Å². The quantitative estimate of drug-likeness (QED) is 0.892. The zero-order chi connectivity index (χ0) is 16.1. The maximum absolute atomic E-state index is 12.4. The number of hydrogen-bond donors (Lipinski definition) is 2. The van der Waals surface area contributed by atoms with Crippen LogP contribution in [0.3, 0.4) is 0 Å². The molecule has 0 radical (unpaired) electrons. The lowest BCUT2D eigenvalue weighted by molar-refractivity contribution is -0.140. The molecule has 6 nitrogen and oxygen atoms in total. The van der Waals surface area contributed by atoms with Crippen molar-refractivity contribution < 1.29 is 19.5 Å². The van der Waals surface area contributed by atoms with Gasteiger partial charge in [-0.15, -0.1) is 0 Å². The van der Waals surface area contributed by atoms with Crippen molar-refractivity contribution in [1.29, 1.82) is 0 Å². The zero-order valence-electron chi connectivity index (χ0n) is 12.5. The van der Waals surface area contributed by atoms with E-state index in [9.17, 15) is 14.4 Å². The van der Waals surface area contributed by atoms with E-state index in [-0.39, 0.29) is 17.4 Å². The number of hydrogen-bond acceptors (Lipinski definition) is 3. The fourth-order valence-electron chi connectivity index (χ4n) is 2.63. The summed E-state index contributed by atoms with van der Waals surface area (Å²) in [5.74, 6) is -1.24. The van der Waals surface area contributed by atoms with E-state index in [0.717, 1.165) is 12.8 Å². The number of aromatic carboxylic acids is 1. The summed E-state index contributed by atoms with van der Waals surface area (Å²) >= 11 is 0. The Morgan fingerprint density at radius 1 is 1.23 bits per heavy atom. The maximum Gasteiger partial charge on any atom is 0.335 e. The highest BCUT2D eigenvalue weighted by molar-refractivity contribution is 5.97. The van der Waals surface area contributed by atoms with Crippen molar-refractivity contribution in [2.45, 2.75) is 38.6 Å². The minimum atomic E-state index is -1.01. The Morgan fingerprint density at radius 3 is 2.50 bits per heavy atom. The molecule has 1 saturated heterocycles. The van der Waals surface area contributed by atoms with Gasteiger partial charge in [0.05, 0.1) is 5.56 Å². The Labute approximate surface area is 129 Å². The number of piperidine rings is 1. The number of nitrogens with zero attached hydrogens (tertiary/aromatic N) is 1. The fraction of sp³-hybridized carbons (Fsp3) is 0.438. The predicted octanol–water partition coefficient (Wildman–Crippen LogP) is 2.11. The van der Waals surface area contributed by atoms with Gasteiger partial charge in [-0.25, -0.2) is 4.79 Å². The summed E-state index contributed by atoms with van der Waals surface area (Å²) in [7, 11) is 0. The van der Waals surface area contributed by atoms with Crippen LogP contribution in [0.15, 0.2) is 24.3 Å². The number of carboxylic acids is 1. The van der Waals surface area contributed by atoms with Crippen LogP contribution in [-0.2, 0) is 9.59 Å². The summed E-state index contributed by atoms with van der Waals surface area (Å²) in [4.78, 5) is 36.8. The average molecular weight is 304 g/mol. The van der Waals surface area contributed by atoms with E-state index >= 15 is 0 Å². The summed E-state index contributed by atoms with van der Waals surface area (Å²) in [6.45, 7) is 2.40. The fourth-order valence-corrected chi connectivity index (χ4v) is 2.63. The van der Waals surface area contributed by atoms with Gasteiger partial charge in [-0.2, -0.15) is 0 Å². The minimum absolute atomic E-state index is 0.0129. The Bertz CT molecular complexity index is 568. The molecule has 6 heteroatoms. The van der Waals surface area contributed by atoms with Gasteiger partial charge in [0.2, 0.25) is 11.8 Å². The van der Waals surface area contributed by atoms with Crippen LogP contribution in [0.1, 0.15) is 43.0 Å². The number of nitrogens with one attached hydrogen (secondary N) is 1. The van der Waals surface area contributed by atoms with E-state index in [1.54, 1.807) is 24.0 Å². The lowest BCUT2D eigenvalue weighted by Crippen LogP contribution is -2.49. The van der Waals surface area contributed by atoms with Crippen LogP contribution < -0.4 is 5.32 Å². The molecule has 1 aliphatic rings. The first kappa shape index (κ1) is 16.0. The molecular formula is C16H20N2O4. The zero-order valence-corrected chi connectivity index (χ0v) is 12.5. The van der Waals surface area contributed by atoms with Gasteiger partial charge in [0.15, 0.2) is 0 Å². The second-order valence-electron chi connectivity index (χ2n) is 5.32. The number of carbonyl (C=O) groups is 3. The van der Waals surface area contributed by atoms with Crippen molar-refractivity contribution in [2.24, 2.45) is 0 Å². The predicted molar refractivity (Wildman–Crippen MR) is 81.7 cm³/mol. The molecule has 0 spiro atoms. The molecule has 22 heavy (non-hydrogen) atoms. The second kappa shape index (κ2) is 7.06. The SMILES string of the molecule is CCC(=O)N1CCCCC1C(=O)Nc1ccc(C(=O)O)cc1. The molecule has 0 aliphatic carbocycles. The summed E-state index contributed by atoms with van der Waals surface area (Å²) in [6, 6.07) is 5.54. The van der Waals surface area contributed by atoms with Crippen LogP contribution in [0.4, 0.5) is 5.69 Å². The standard InChI is InChI=1S/C16H20N2O4/c1-2-14(19)18-10-4-3-5-13(18)15(20)17-12-8-6-11(7-9-12)16(21)22/h6-9,13H,2-5,10H2,1H3,(H,17,20)(H,21,22). The molecule has 2 N–H and O–H groups in total. The number of anilines is 1. The molecule has 0 bridgehead atoms. The molecule has 0 saturated carbocycles. The summed E-state index contributed by atoms with van der Waals surface area (Å²) in [5, 5.41) is 11.6. The monoisotopic (exact) mass is 304 g/mol. The maximum atomic E-state index is 12.4. The molecule has 2 rings (SSSR count). The molecule has 2 amide bonds. The van der Waals surface area contributed by atoms with Gasteiger partial charge in [-0.1, -0.05) is 6.92 Å². The summed E-state index contributed by atoms with van der Waals surface area (Å²) < 4.78 is 0. The molecule has 0 aromatic heterocycles. The average Bonchev–Trinajstić information content (AvgIpc) is 2.54. The molecule has 1 fully saturated rings. The first-order chi connectivity index (χ1) is 10.5. The van der Waals surface area contributed by atoms with Crippen LogP contribution >= 0.6 is 0 Å². The highest BCUT2D eigenvalue weighted by atomic mass is 16.4. The van der Waals surface area contributed by atoms with Gasteiger partial charge >= 0.3 is 5.97 Å². The smallest absolute Gasteiger partial charge is 0.335 e. The van der Waals surface area contributed by atoms with Crippen LogP contribution in [0, 0.1) is 0 Å². The van der Waals surface area contributed by atoms with Crippen LogP contribution in [0.5, 0.6) is 0 Å². The van der Waals surface area contributed by atoms with Crippen molar-refractivity contribution in [3.05, 3.63) is 29.8 Å². The number of amides is 2. The number of carbonyl (C=O) groups excluding carboxylic acids is 2. The second-order valence-corrected chi connectivity index (χ2v) is 5.32.